The van der Waals surface area contributed by atoms with Crippen molar-refractivity contribution in [1.29, 1.82) is 0 Å². The Morgan fingerprint density at radius 2 is 1.91 bits per heavy atom. The van der Waals surface area contributed by atoms with Gasteiger partial charge in [0.1, 0.15) is 11.6 Å². The summed E-state index contributed by atoms with van der Waals surface area (Å²) in [5, 5.41) is 2.89. The Balaban J connectivity index is 1.70. The third kappa shape index (κ3) is 3.18. The molecule has 0 aliphatic heterocycles. The Hall–Kier alpha value is -2.82. The molecule has 23 heavy (non-hydrogen) atoms. The summed E-state index contributed by atoms with van der Waals surface area (Å²) >= 11 is 0. The van der Waals surface area contributed by atoms with Gasteiger partial charge >= 0.3 is 0 Å². The molecule has 5 nitrogen and oxygen atoms in total. The fourth-order valence-corrected chi connectivity index (χ4v) is 2.65. The average molecular weight is 309 g/mol. The number of imidazole rings is 1. The molecule has 1 amide bonds. The normalized spacial score (nSPS) is 10.7. The minimum absolute atomic E-state index is 0.0494. The second-order valence-corrected chi connectivity index (χ2v) is 5.30. The SMILES string of the molecule is COc1ccccc1NC(=O)CCn1c(C)nc2ccccc21. The largest absolute Gasteiger partial charge is 0.495 e. The van der Waals surface area contributed by atoms with Crippen LogP contribution in [0, 0.1) is 6.92 Å². The Kier molecular flexibility index (Phi) is 4.28. The van der Waals surface area contributed by atoms with E-state index in [9.17, 15) is 4.79 Å². The standard InChI is InChI=1S/C18H19N3O2/c1-13-19-14-7-3-5-9-16(14)21(13)12-11-18(22)20-15-8-4-6-10-17(15)23-2/h3-10H,11-12H2,1-2H3,(H,20,22). The van der Waals surface area contributed by atoms with Gasteiger partial charge in [-0.1, -0.05) is 24.3 Å². The number of ether oxygens (including phenoxy) is 1. The topological polar surface area (TPSA) is 56.1 Å². The summed E-state index contributed by atoms with van der Waals surface area (Å²) in [6.45, 7) is 2.55. The summed E-state index contributed by atoms with van der Waals surface area (Å²) in [5.41, 5.74) is 2.69. The molecule has 3 rings (SSSR count). The molecule has 118 valence electrons. The monoisotopic (exact) mass is 309 g/mol. The number of carbonyl (C=O) groups is 1. The van der Waals surface area contributed by atoms with Crippen molar-refractivity contribution in [3.63, 3.8) is 0 Å². The molecule has 1 N–H and O–H groups in total. The van der Waals surface area contributed by atoms with Crippen LogP contribution in [0.1, 0.15) is 12.2 Å². The second kappa shape index (κ2) is 6.52. The predicted molar refractivity (Wildman–Crippen MR) is 90.7 cm³/mol. The van der Waals surface area contributed by atoms with Crippen LogP contribution in [-0.2, 0) is 11.3 Å². The first-order valence-electron chi connectivity index (χ1n) is 7.54. The summed E-state index contributed by atoms with van der Waals surface area (Å²) in [5.74, 6) is 1.52. The van der Waals surface area contributed by atoms with E-state index in [0.717, 1.165) is 16.9 Å². The number of nitrogens with zero attached hydrogens (tertiary/aromatic N) is 2. The number of carbonyl (C=O) groups excluding carboxylic acids is 1. The zero-order valence-corrected chi connectivity index (χ0v) is 13.2. The van der Waals surface area contributed by atoms with Crippen molar-refractivity contribution >= 4 is 22.6 Å². The number of aryl methyl sites for hydroxylation is 2. The van der Waals surface area contributed by atoms with Crippen LogP contribution < -0.4 is 10.1 Å². The van der Waals surface area contributed by atoms with Gasteiger partial charge in [0.25, 0.3) is 0 Å². The lowest BCUT2D eigenvalue weighted by Crippen LogP contribution is -2.15. The van der Waals surface area contributed by atoms with Gasteiger partial charge in [0.2, 0.25) is 5.91 Å². The molecule has 5 heteroatoms. The molecular weight excluding hydrogens is 290 g/mol. The molecule has 0 aliphatic rings. The van der Waals surface area contributed by atoms with Crippen molar-refractivity contribution in [2.45, 2.75) is 19.9 Å². The third-order valence-electron chi connectivity index (χ3n) is 3.79. The molecule has 0 aliphatic carbocycles. The lowest BCUT2D eigenvalue weighted by atomic mass is 10.2. The summed E-state index contributed by atoms with van der Waals surface area (Å²) in [7, 11) is 1.59. The third-order valence-corrected chi connectivity index (χ3v) is 3.79. The predicted octanol–water partition coefficient (Wildman–Crippen LogP) is 3.38. The van der Waals surface area contributed by atoms with Crippen LogP contribution in [0.5, 0.6) is 5.75 Å². The van der Waals surface area contributed by atoms with Crippen molar-refractivity contribution in [3.05, 3.63) is 54.4 Å². The van der Waals surface area contributed by atoms with Gasteiger partial charge in [0, 0.05) is 13.0 Å². The quantitative estimate of drug-likeness (QED) is 0.786. The smallest absolute Gasteiger partial charge is 0.226 e. The van der Waals surface area contributed by atoms with E-state index in [2.05, 4.69) is 14.9 Å². The lowest BCUT2D eigenvalue weighted by Gasteiger charge is -2.11. The van der Waals surface area contributed by atoms with Gasteiger partial charge in [0.05, 0.1) is 23.8 Å². The van der Waals surface area contributed by atoms with Crippen LogP contribution in [0.4, 0.5) is 5.69 Å². The zero-order chi connectivity index (χ0) is 16.2. The van der Waals surface area contributed by atoms with Crippen molar-refractivity contribution in [1.82, 2.24) is 9.55 Å². The number of fused-ring (bicyclic) bond motifs is 1. The molecule has 0 saturated carbocycles. The van der Waals surface area contributed by atoms with Gasteiger partial charge in [-0.05, 0) is 31.2 Å². The number of para-hydroxylation sites is 4. The van der Waals surface area contributed by atoms with Crippen molar-refractivity contribution in [2.75, 3.05) is 12.4 Å². The van der Waals surface area contributed by atoms with Gasteiger partial charge < -0.3 is 14.6 Å². The molecule has 2 aromatic carbocycles. The van der Waals surface area contributed by atoms with E-state index in [1.807, 2.05) is 55.5 Å². The molecule has 1 heterocycles. The highest BCUT2D eigenvalue weighted by Gasteiger charge is 2.10. The average Bonchev–Trinajstić information content (AvgIpc) is 2.88. The van der Waals surface area contributed by atoms with Crippen LogP contribution >= 0.6 is 0 Å². The van der Waals surface area contributed by atoms with E-state index >= 15 is 0 Å². The number of aromatic nitrogens is 2. The van der Waals surface area contributed by atoms with E-state index in [0.29, 0.717) is 24.4 Å². The fraction of sp³-hybridized carbons (Fsp3) is 0.222. The van der Waals surface area contributed by atoms with Gasteiger partial charge in [-0.15, -0.1) is 0 Å². The number of amides is 1. The minimum Gasteiger partial charge on any atom is -0.495 e. The summed E-state index contributed by atoms with van der Waals surface area (Å²) < 4.78 is 7.31. The molecule has 0 saturated heterocycles. The van der Waals surface area contributed by atoms with Gasteiger partial charge in [-0.2, -0.15) is 0 Å². The number of nitrogens with one attached hydrogen (secondary N) is 1. The number of anilines is 1. The Morgan fingerprint density at radius 3 is 2.74 bits per heavy atom. The lowest BCUT2D eigenvalue weighted by molar-refractivity contribution is -0.116. The molecule has 0 fully saturated rings. The molecule has 0 bridgehead atoms. The zero-order valence-electron chi connectivity index (χ0n) is 13.2. The van der Waals surface area contributed by atoms with E-state index in [-0.39, 0.29) is 5.91 Å². The Bertz CT molecular complexity index is 839. The van der Waals surface area contributed by atoms with Crippen LogP contribution in [0.3, 0.4) is 0 Å². The molecule has 0 radical (unpaired) electrons. The van der Waals surface area contributed by atoms with Gasteiger partial charge in [-0.3, -0.25) is 4.79 Å². The molecular formula is C18H19N3O2. The maximum atomic E-state index is 12.2. The highest BCUT2D eigenvalue weighted by molar-refractivity contribution is 5.92. The van der Waals surface area contributed by atoms with Crippen LogP contribution in [0.25, 0.3) is 11.0 Å². The van der Waals surface area contributed by atoms with E-state index in [1.54, 1.807) is 7.11 Å². The first-order chi connectivity index (χ1) is 11.2. The Morgan fingerprint density at radius 1 is 1.17 bits per heavy atom. The number of methoxy groups -OCH3 is 1. The minimum atomic E-state index is -0.0494. The number of hydrogen-bond donors (Lipinski definition) is 1. The van der Waals surface area contributed by atoms with E-state index in [1.165, 1.54) is 0 Å². The van der Waals surface area contributed by atoms with Gasteiger partial charge in [-0.25, -0.2) is 4.98 Å². The van der Waals surface area contributed by atoms with Gasteiger partial charge in [0.15, 0.2) is 0 Å². The molecule has 0 atom stereocenters. The number of rotatable bonds is 5. The highest BCUT2D eigenvalue weighted by atomic mass is 16.5. The summed E-state index contributed by atoms with van der Waals surface area (Å²) in [4.78, 5) is 16.7. The Labute approximate surface area is 134 Å². The summed E-state index contributed by atoms with van der Waals surface area (Å²) in [6.07, 6.45) is 0.374. The maximum absolute atomic E-state index is 12.2. The van der Waals surface area contributed by atoms with Crippen molar-refractivity contribution in [2.24, 2.45) is 0 Å². The molecule has 3 aromatic rings. The molecule has 1 aromatic heterocycles. The van der Waals surface area contributed by atoms with Crippen LogP contribution in [-0.4, -0.2) is 22.6 Å². The maximum Gasteiger partial charge on any atom is 0.226 e. The highest BCUT2D eigenvalue weighted by Crippen LogP contribution is 2.23. The first-order valence-corrected chi connectivity index (χ1v) is 7.54. The van der Waals surface area contributed by atoms with Crippen molar-refractivity contribution in [3.8, 4) is 5.75 Å². The number of hydrogen-bond acceptors (Lipinski definition) is 3. The second-order valence-electron chi connectivity index (χ2n) is 5.30. The number of benzene rings is 2. The van der Waals surface area contributed by atoms with E-state index < -0.39 is 0 Å². The summed E-state index contributed by atoms with van der Waals surface area (Å²) in [6, 6.07) is 15.3. The van der Waals surface area contributed by atoms with Crippen molar-refractivity contribution < 1.29 is 9.53 Å². The van der Waals surface area contributed by atoms with Crippen LogP contribution in [0.2, 0.25) is 0 Å². The molecule has 0 spiro atoms. The van der Waals surface area contributed by atoms with E-state index in [4.69, 9.17) is 4.74 Å². The first kappa shape index (κ1) is 15.1. The molecule has 0 unspecified atom stereocenters. The fourth-order valence-electron chi connectivity index (χ4n) is 2.65. The van der Waals surface area contributed by atoms with Crippen LogP contribution in [0.15, 0.2) is 48.5 Å².